The van der Waals surface area contributed by atoms with Crippen LogP contribution in [0.1, 0.15) is 50.3 Å². The van der Waals surface area contributed by atoms with Crippen molar-refractivity contribution in [2.24, 2.45) is 11.8 Å². The second kappa shape index (κ2) is 7.25. The molecule has 0 saturated heterocycles. The third-order valence-electron chi connectivity index (χ3n) is 4.09. The Kier molecular flexibility index (Phi) is 5.35. The first-order valence-corrected chi connectivity index (χ1v) is 7.34. The van der Waals surface area contributed by atoms with Crippen LogP contribution in [0, 0.1) is 23.2 Å². The van der Waals surface area contributed by atoms with Gasteiger partial charge < -0.3 is 5.32 Å². The highest BCUT2D eigenvalue weighted by Gasteiger charge is 2.18. The number of pyridine rings is 1. The first-order chi connectivity index (χ1) is 9.29. The normalized spacial score (nSPS) is 22.9. The summed E-state index contributed by atoms with van der Waals surface area (Å²) in [7, 11) is 0. The summed E-state index contributed by atoms with van der Waals surface area (Å²) in [5.74, 6) is 1.79. The van der Waals surface area contributed by atoms with Crippen LogP contribution >= 0.6 is 0 Å². The molecule has 3 heteroatoms. The van der Waals surface area contributed by atoms with Gasteiger partial charge in [0.15, 0.2) is 0 Å². The molecule has 19 heavy (non-hydrogen) atoms. The van der Waals surface area contributed by atoms with Crippen LogP contribution in [-0.4, -0.2) is 11.5 Å². The topological polar surface area (TPSA) is 48.7 Å². The Morgan fingerprint density at radius 1 is 1.47 bits per heavy atom. The highest BCUT2D eigenvalue weighted by molar-refractivity contribution is 5.30. The van der Waals surface area contributed by atoms with Crippen LogP contribution in [0.4, 0.5) is 0 Å². The quantitative estimate of drug-likeness (QED) is 0.824. The smallest absolute Gasteiger partial charge is 0.144 e. The lowest BCUT2D eigenvalue weighted by Gasteiger charge is -2.26. The van der Waals surface area contributed by atoms with Crippen LogP contribution in [0.5, 0.6) is 0 Å². The molecule has 1 aromatic rings. The van der Waals surface area contributed by atoms with E-state index in [1.54, 1.807) is 6.20 Å². The zero-order valence-electron chi connectivity index (χ0n) is 11.7. The number of aromatic nitrogens is 1. The standard InChI is InChI=1S/C16H23N3/c1-13-4-2-5-14(10-13)7-9-18-12-15-6-3-8-19-16(15)11-17/h3,6,8,13-14,18H,2,4-5,7,9-10,12H2,1H3. The van der Waals surface area contributed by atoms with Crippen molar-refractivity contribution >= 4 is 0 Å². The SMILES string of the molecule is CC1CCCC(CCNCc2cccnc2C#N)C1. The van der Waals surface area contributed by atoms with Crippen molar-refractivity contribution in [3.63, 3.8) is 0 Å². The molecule has 2 unspecified atom stereocenters. The molecule has 2 atom stereocenters. The van der Waals surface area contributed by atoms with E-state index in [4.69, 9.17) is 5.26 Å². The zero-order valence-corrected chi connectivity index (χ0v) is 11.7. The highest BCUT2D eigenvalue weighted by atomic mass is 14.9. The largest absolute Gasteiger partial charge is 0.313 e. The summed E-state index contributed by atoms with van der Waals surface area (Å²) < 4.78 is 0. The Hall–Kier alpha value is -1.40. The van der Waals surface area contributed by atoms with Crippen LogP contribution in [0.2, 0.25) is 0 Å². The number of hydrogen-bond acceptors (Lipinski definition) is 3. The summed E-state index contributed by atoms with van der Waals surface area (Å²) in [6.07, 6.45) is 8.51. The van der Waals surface area contributed by atoms with E-state index < -0.39 is 0 Å². The molecule has 0 spiro atoms. The molecule has 3 nitrogen and oxygen atoms in total. The van der Waals surface area contributed by atoms with E-state index in [1.165, 1.54) is 32.1 Å². The first-order valence-electron chi connectivity index (χ1n) is 7.34. The van der Waals surface area contributed by atoms with Crippen LogP contribution in [0.3, 0.4) is 0 Å². The van der Waals surface area contributed by atoms with Gasteiger partial charge in [-0.3, -0.25) is 0 Å². The monoisotopic (exact) mass is 257 g/mol. The molecular weight excluding hydrogens is 234 g/mol. The maximum Gasteiger partial charge on any atom is 0.144 e. The highest BCUT2D eigenvalue weighted by Crippen LogP contribution is 2.30. The minimum atomic E-state index is 0.543. The van der Waals surface area contributed by atoms with E-state index >= 15 is 0 Å². The van der Waals surface area contributed by atoms with Gasteiger partial charge in [-0.1, -0.05) is 32.3 Å². The average Bonchev–Trinajstić information content (AvgIpc) is 2.44. The molecule has 0 aromatic carbocycles. The molecular formula is C16H23N3. The molecule has 1 aromatic heterocycles. The Labute approximate surface area is 116 Å². The van der Waals surface area contributed by atoms with Gasteiger partial charge in [-0.05, 0) is 37.3 Å². The second-order valence-electron chi connectivity index (χ2n) is 5.73. The maximum absolute atomic E-state index is 8.97. The maximum atomic E-state index is 8.97. The van der Waals surface area contributed by atoms with E-state index in [2.05, 4.69) is 23.3 Å². The van der Waals surface area contributed by atoms with Gasteiger partial charge in [0.1, 0.15) is 11.8 Å². The van der Waals surface area contributed by atoms with Crippen LogP contribution in [-0.2, 0) is 6.54 Å². The fraction of sp³-hybridized carbons (Fsp3) is 0.625. The van der Waals surface area contributed by atoms with Crippen molar-refractivity contribution in [2.75, 3.05) is 6.54 Å². The molecule has 1 aliphatic rings. The molecule has 1 N–H and O–H groups in total. The first kappa shape index (κ1) is 14.0. The summed E-state index contributed by atoms with van der Waals surface area (Å²) >= 11 is 0. The number of hydrogen-bond donors (Lipinski definition) is 1. The van der Waals surface area contributed by atoms with E-state index in [-0.39, 0.29) is 0 Å². The molecule has 2 rings (SSSR count). The van der Waals surface area contributed by atoms with Gasteiger partial charge in [0.2, 0.25) is 0 Å². The lowest BCUT2D eigenvalue weighted by Crippen LogP contribution is -2.21. The number of rotatable bonds is 5. The van der Waals surface area contributed by atoms with Crippen molar-refractivity contribution in [2.45, 2.75) is 45.6 Å². The Balaban J connectivity index is 1.70. The summed E-state index contributed by atoms with van der Waals surface area (Å²) in [6.45, 7) is 4.16. The minimum absolute atomic E-state index is 0.543. The number of nitrogens with one attached hydrogen (secondary N) is 1. The van der Waals surface area contributed by atoms with Crippen molar-refractivity contribution < 1.29 is 0 Å². The number of nitrogens with zero attached hydrogens (tertiary/aromatic N) is 2. The van der Waals surface area contributed by atoms with Crippen molar-refractivity contribution in [3.05, 3.63) is 29.6 Å². The fourth-order valence-electron chi connectivity index (χ4n) is 3.03. The van der Waals surface area contributed by atoms with Gasteiger partial charge in [0.25, 0.3) is 0 Å². The third kappa shape index (κ3) is 4.33. The van der Waals surface area contributed by atoms with Gasteiger partial charge in [-0.25, -0.2) is 4.98 Å². The fourth-order valence-corrected chi connectivity index (χ4v) is 3.03. The van der Waals surface area contributed by atoms with E-state index in [0.29, 0.717) is 5.69 Å². The molecule has 1 heterocycles. The van der Waals surface area contributed by atoms with E-state index in [0.717, 1.165) is 30.5 Å². The number of nitriles is 1. The van der Waals surface area contributed by atoms with Crippen molar-refractivity contribution in [1.82, 2.24) is 10.3 Å². The van der Waals surface area contributed by atoms with Gasteiger partial charge in [0.05, 0.1) is 0 Å². The van der Waals surface area contributed by atoms with E-state index in [1.807, 2.05) is 12.1 Å². The summed E-state index contributed by atoms with van der Waals surface area (Å²) in [5.41, 5.74) is 1.54. The van der Waals surface area contributed by atoms with Gasteiger partial charge in [-0.15, -0.1) is 0 Å². The summed E-state index contributed by atoms with van der Waals surface area (Å²) in [5, 5.41) is 12.4. The second-order valence-corrected chi connectivity index (χ2v) is 5.73. The summed E-state index contributed by atoms with van der Waals surface area (Å²) in [4.78, 5) is 4.07. The van der Waals surface area contributed by atoms with Gasteiger partial charge in [-0.2, -0.15) is 5.26 Å². The molecule has 0 amide bonds. The molecule has 0 aliphatic heterocycles. The van der Waals surface area contributed by atoms with Crippen LogP contribution < -0.4 is 5.32 Å². The molecule has 102 valence electrons. The summed E-state index contributed by atoms with van der Waals surface area (Å²) in [6, 6.07) is 6.00. The van der Waals surface area contributed by atoms with Gasteiger partial charge in [0, 0.05) is 18.3 Å². The van der Waals surface area contributed by atoms with Crippen LogP contribution in [0.15, 0.2) is 18.3 Å². The van der Waals surface area contributed by atoms with Crippen LogP contribution in [0.25, 0.3) is 0 Å². The average molecular weight is 257 g/mol. The molecule has 0 radical (unpaired) electrons. The van der Waals surface area contributed by atoms with Gasteiger partial charge >= 0.3 is 0 Å². The third-order valence-corrected chi connectivity index (χ3v) is 4.09. The Morgan fingerprint density at radius 3 is 3.16 bits per heavy atom. The molecule has 0 bridgehead atoms. The predicted molar refractivity (Wildman–Crippen MR) is 76.4 cm³/mol. The predicted octanol–water partition coefficient (Wildman–Crippen LogP) is 3.26. The molecule has 1 saturated carbocycles. The van der Waals surface area contributed by atoms with Crippen molar-refractivity contribution in [3.8, 4) is 6.07 Å². The lowest BCUT2D eigenvalue weighted by atomic mass is 9.81. The lowest BCUT2D eigenvalue weighted by molar-refractivity contribution is 0.267. The zero-order chi connectivity index (χ0) is 13.5. The van der Waals surface area contributed by atoms with E-state index in [9.17, 15) is 0 Å². The van der Waals surface area contributed by atoms with Crippen molar-refractivity contribution in [1.29, 1.82) is 5.26 Å². The molecule has 1 fully saturated rings. The Morgan fingerprint density at radius 2 is 2.37 bits per heavy atom. The Bertz CT molecular complexity index is 436. The molecule has 1 aliphatic carbocycles. The minimum Gasteiger partial charge on any atom is -0.313 e.